The van der Waals surface area contributed by atoms with Crippen LogP contribution in [0.15, 0.2) is 36.4 Å². The van der Waals surface area contributed by atoms with E-state index in [0.29, 0.717) is 55.0 Å². The zero-order valence-corrected chi connectivity index (χ0v) is 21.5. The van der Waals surface area contributed by atoms with Crippen LogP contribution in [0.4, 0.5) is 0 Å². The number of carbonyl (C=O) groups is 1. The molecule has 2 aliphatic heterocycles. The minimum absolute atomic E-state index is 0.156. The van der Waals surface area contributed by atoms with Gasteiger partial charge in [0, 0.05) is 35.1 Å². The number of aromatic nitrogens is 2. The Bertz CT molecular complexity index is 1810. The number of aliphatic hydroxyl groups is 4. The number of benzene rings is 3. The van der Waals surface area contributed by atoms with Crippen LogP contribution in [-0.2, 0) is 11.3 Å². The summed E-state index contributed by atoms with van der Waals surface area (Å²) in [5.74, 6) is -0.156. The van der Waals surface area contributed by atoms with Crippen molar-refractivity contribution >= 4 is 72.7 Å². The van der Waals surface area contributed by atoms with Crippen molar-refractivity contribution in [2.24, 2.45) is 0 Å². The Kier molecular flexibility index (Phi) is 5.28. The first-order chi connectivity index (χ1) is 18.2. The summed E-state index contributed by atoms with van der Waals surface area (Å²) in [5.41, 5.74) is 3.73. The standard InChI is InChI=1S/C27H23Cl2N3O6/c1-31-8-12-16-10-4-2-6-13(28)19(10)30-20(16)22-17(18(12)26(31)37)11-5-3-7-14(29)21(11)32(22)27-25(36)24(35)23(34)15(9-33)38-27/h2-7,15,23-25,27,30,33-36H,8-9H2,1H3/t15-,23-,24+,25-,27-/m1/s1. The molecule has 1 saturated heterocycles. The molecule has 0 bridgehead atoms. The average Bonchev–Trinajstić information content (AvgIpc) is 3.54. The number of fused-ring (bicyclic) bond motifs is 10. The monoisotopic (exact) mass is 555 g/mol. The fourth-order valence-electron chi connectivity index (χ4n) is 6.21. The first kappa shape index (κ1) is 24.2. The Morgan fingerprint density at radius 3 is 2.39 bits per heavy atom. The maximum atomic E-state index is 13.6. The fourth-order valence-corrected chi connectivity index (χ4v) is 6.70. The molecule has 3 aromatic carbocycles. The number of H-pyrrole nitrogens is 1. The number of nitrogens with one attached hydrogen (secondary N) is 1. The molecule has 2 aliphatic rings. The molecule has 0 saturated carbocycles. The number of carbonyl (C=O) groups excluding carboxylic acids is 1. The number of nitrogens with zero attached hydrogens (tertiary/aromatic N) is 2. The van der Waals surface area contributed by atoms with E-state index in [0.717, 1.165) is 16.3 Å². The third-order valence-corrected chi connectivity index (χ3v) is 8.55. The molecule has 1 fully saturated rings. The summed E-state index contributed by atoms with van der Waals surface area (Å²) in [6.07, 6.45) is -7.08. The summed E-state index contributed by atoms with van der Waals surface area (Å²) >= 11 is 13.3. The molecule has 196 valence electrons. The molecule has 2 aromatic heterocycles. The molecule has 5 atom stereocenters. The summed E-state index contributed by atoms with van der Waals surface area (Å²) < 4.78 is 7.68. The molecule has 9 nitrogen and oxygen atoms in total. The van der Waals surface area contributed by atoms with Crippen LogP contribution in [0.3, 0.4) is 0 Å². The van der Waals surface area contributed by atoms with E-state index in [1.165, 1.54) is 0 Å². The molecule has 7 rings (SSSR count). The van der Waals surface area contributed by atoms with Crippen LogP contribution in [0, 0.1) is 0 Å². The van der Waals surface area contributed by atoms with Crippen molar-refractivity contribution in [1.82, 2.24) is 14.5 Å². The normalized spacial score (nSPS) is 25.9. The number of hydrogen-bond donors (Lipinski definition) is 5. The smallest absolute Gasteiger partial charge is 0.254 e. The van der Waals surface area contributed by atoms with Gasteiger partial charge in [-0.1, -0.05) is 47.5 Å². The topological polar surface area (TPSA) is 131 Å². The first-order valence-corrected chi connectivity index (χ1v) is 12.9. The molecule has 0 aliphatic carbocycles. The molecule has 5 aromatic rings. The SMILES string of the molecule is CN1Cc2c(c3c4cccc(Cl)c4n([C@@H]4O[C@H](CO)[C@@H](O)[C@H](O)[C@H]4O)c3c3[nH]c4c(Cl)cccc4c23)C1=O. The van der Waals surface area contributed by atoms with Gasteiger partial charge in [-0.15, -0.1) is 0 Å². The number of aromatic amines is 1. The maximum absolute atomic E-state index is 13.6. The van der Waals surface area contributed by atoms with Crippen molar-refractivity contribution in [3.05, 3.63) is 57.6 Å². The number of rotatable bonds is 2. The van der Waals surface area contributed by atoms with Crippen LogP contribution in [0.25, 0.3) is 43.6 Å². The first-order valence-electron chi connectivity index (χ1n) is 12.2. The van der Waals surface area contributed by atoms with E-state index in [9.17, 15) is 25.2 Å². The van der Waals surface area contributed by atoms with Crippen LogP contribution < -0.4 is 0 Å². The lowest BCUT2D eigenvalue weighted by Crippen LogP contribution is -2.56. The summed E-state index contributed by atoms with van der Waals surface area (Å²) in [4.78, 5) is 18.7. The Morgan fingerprint density at radius 1 is 0.947 bits per heavy atom. The van der Waals surface area contributed by atoms with E-state index in [4.69, 9.17) is 27.9 Å². The highest BCUT2D eigenvalue weighted by molar-refractivity contribution is 6.40. The Morgan fingerprint density at radius 2 is 1.66 bits per heavy atom. The van der Waals surface area contributed by atoms with Crippen LogP contribution in [0.5, 0.6) is 0 Å². The second-order valence-electron chi connectivity index (χ2n) is 10.0. The predicted octanol–water partition coefficient (Wildman–Crippen LogP) is 3.29. The molecule has 0 radical (unpaired) electrons. The average molecular weight is 556 g/mol. The van der Waals surface area contributed by atoms with Crippen molar-refractivity contribution in [3.63, 3.8) is 0 Å². The van der Waals surface area contributed by atoms with E-state index in [2.05, 4.69) is 4.98 Å². The van der Waals surface area contributed by atoms with Crippen LogP contribution in [0.1, 0.15) is 22.1 Å². The molecule has 4 heterocycles. The lowest BCUT2D eigenvalue weighted by Gasteiger charge is -2.41. The third kappa shape index (κ3) is 2.98. The summed E-state index contributed by atoms with van der Waals surface area (Å²) in [6.45, 7) is -0.185. The summed E-state index contributed by atoms with van der Waals surface area (Å²) in [5, 5.41) is 45.9. The van der Waals surface area contributed by atoms with Gasteiger partial charge in [0.15, 0.2) is 6.23 Å². The summed E-state index contributed by atoms with van der Waals surface area (Å²) in [7, 11) is 1.74. The molecule has 11 heteroatoms. The fraction of sp³-hybridized carbons (Fsp3) is 0.296. The van der Waals surface area contributed by atoms with Gasteiger partial charge >= 0.3 is 0 Å². The molecular weight excluding hydrogens is 533 g/mol. The van der Waals surface area contributed by atoms with Crippen molar-refractivity contribution < 1.29 is 30.0 Å². The highest BCUT2D eigenvalue weighted by Gasteiger charge is 2.46. The van der Waals surface area contributed by atoms with Gasteiger partial charge in [-0.25, -0.2) is 0 Å². The quantitative estimate of drug-likeness (QED) is 0.227. The van der Waals surface area contributed by atoms with Gasteiger partial charge in [-0.3, -0.25) is 4.79 Å². The minimum Gasteiger partial charge on any atom is -0.394 e. The van der Waals surface area contributed by atoms with Gasteiger partial charge in [0.25, 0.3) is 5.91 Å². The highest BCUT2D eigenvalue weighted by Crippen LogP contribution is 2.48. The summed E-state index contributed by atoms with van der Waals surface area (Å²) in [6, 6.07) is 10.9. The number of amides is 1. The van der Waals surface area contributed by atoms with Gasteiger partial charge in [0.05, 0.1) is 44.3 Å². The van der Waals surface area contributed by atoms with Crippen LogP contribution >= 0.6 is 23.2 Å². The Labute approximate surface area is 225 Å². The zero-order valence-electron chi connectivity index (χ0n) is 20.0. The van der Waals surface area contributed by atoms with E-state index in [-0.39, 0.29) is 5.91 Å². The Balaban J connectivity index is 1.72. The lowest BCUT2D eigenvalue weighted by molar-refractivity contribution is -0.249. The Hall–Kier alpha value is -2.89. The van der Waals surface area contributed by atoms with Gasteiger partial charge in [-0.2, -0.15) is 0 Å². The van der Waals surface area contributed by atoms with Crippen molar-refractivity contribution in [2.75, 3.05) is 13.7 Å². The van der Waals surface area contributed by atoms with Crippen LogP contribution in [0.2, 0.25) is 10.0 Å². The van der Waals surface area contributed by atoms with Crippen molar-refractivity contribution in [3.8, 4) is 0 Å². The molecule has 5 N–H and O–H groups in total. The van der Waals surface area contributed by atoms with E-state index < -0.39 is 37.3 Å². The number of halogens is 2. The van der Waals surface area contributed by atoms with Gasteiger partial charge in [-0.05, 0) is 17.7 Å². The minimum atomic E-state index is -1.60. The molecular formula is C27H23Cl2N3O6. The second kappa shape index (κ2) is 8.30. The molecule has 1 amide bonds. The van der Waals surface area contributed by atoms with Crippen molar-refractivity contribution in [2.45, 2.75) is 37.2 Å². The largest absolute Gasteiger partial charge is 0.394 e. The number of hydrogen-bond acceptors (Lipinski definition) is 6. The van der Waals surface area contributed by atoms with Crippen LogP contribution in [-0.4, -0.2) is 78.9 Å². The van der Waals surface area contributed by atoms with Gasteiger partial charge in [0.2, 0.25) is 0 Å². The van der Waals surface area contributed by atoms with E-state index in [1.54, 1.807) is 34.7 Å². The van der Waals surface area contributed by atoms with Crippen molar-refractivity contribution in [1.29, 1.82) is 0 Å². The third-order valence-electron chi connectivity index (χ3n) is 7.93. The van der Waals surface area contributed by atoms with Gasteiger partial charge in [0.1, 0.15) is 24.4 Å². The molecule has 0 spiro atoms. The van der Waals surface area contributed by atoms with E-state index in [1.807, 2.05) is 18.2 Å². The molecule has 0 unspecified atom stereocenters. The number of aliphatic hydroxyl groups excluding tert-OH is 4. The van der Waals surface area contributed by atoms with Gasteiger partial charge < -0.3 is 39.6 Å². The number of para-hydroxylation sites is 2. The second-order valence-corrected chi connectivity index (χ2v) is 10.8. The van der Waals surface area contributed by atoms with E-state index >= 15 is 0 Å². The predicted molar refractivity (Wildman–Crippen MR) is 144 cm³/mol. The maximum Gasteiger partial charge on any atom is 0.254 e. The lowest BCUT2D eigenvalue weighted by atomic mass is 9.96. The zero-order chi connectivity index (χ0) is 26.6. The number of ether oxygens (including phenoxy) is 1. The highest BCUT2D eigenvalue weighted by atomic mass is 35.5. The molecule has 38 heavy (non-hydrogen) atoms.